The van der Waals surface area contributed by atoms with Crippen molar-refractivity contribution < 1.29 is 14.4 Å². The number of nitrogens with zero attached hydrogens (tertiary/aromatic N) is 2. The molecule has 3 saturated heterocycles. The van der Waals surface area contributed by atoms with Gasteiger partial charge in [-0.2, -0.15) is 0 Å². The molecule has 0 saturated carbocycles. The van der Waals surface area contributed by atoms with Crippen LogP contribution in [0.15, 0.2) is 91.6 Å². The number of para-hydroxylation sites is 1. The Morgan fingerprint density at radius 1 is 1.09 bits per heavy atom. The molecular weight excluding hydrogens is 432 g/mol. The van der Waals surface area contributed by atoms with E-state index >= 15 is 0 Å². The van der Waals surface area contributed by atoms with Gasteiger partial charge in [-0.15, -0.1) is 6.58 Å². The molecule has 0 spiro atoms. The fourth-order valence-electron chi connectivity index (χ4n) is 6.70. The van der Waals surface area contributed by atoms with Crippen molar-refractivity contribution in [3.63, 3.8) is 0 Å². The van der Waals surface area contributed by atoms with E-state index in [1.54, 1.807) is 6.20 Å². The SMILES string of the molecule is C=C[C@H]1C[N@+]2(CC(=O)c3ccc4ccccc4c3)CC[C@H]1C[C@H]2[C@H](O)c1ccnc2ccccc12. The van der Waals surface area contributed by atoms with Crippen LogP contribution in [-0.2, 0) is 0 Å². The highest BCUT2D eigenvalue weighted by Crippen LogP contribution is 2.47. The molecule has 0 aliphatic carbocycles. The Morgan fingerprint density at radius 2 is 1.89 bits per heavy atom. The van der Waals surface area contributed by atoms with Gasteiger partial charge in [0.1, 0.15) is 18.7 Å². The minimum absolute atomic E-state index is 0.0276. The summed E-state index contributed by atoms with van der Waals surface area (Å²) in [5, 5.41) is 15.0. The molecule has 0 radical (unpaired) electrons. The third-order valence-corrected chi connectivity index (χ3v) is 8.57. The summed E-state index contributed by atoms with van der Waals surface area (Å²) in [6, 6.07) is 24.1. The standard InChI is InChI=1S/C31H31N2O2/c1-2-21-19-33(20-30(34)25-12-11-22-7-3-4-8-23(22)17-25)16-14-24(21)18-29(33)31(35)27-13-15-32-28-10-6-5-9-26(27)28/h2-13,15,17,21,24,29,31,35H,1,14,16,18-20H2/q+1/t21-,24-,29-,31+,33-/m0/s1. The molecule has 3 aliphatic rings. The average molecular weight is 464 g/mol. The van der Waals surface area contributed by atoms with Gasteiger partial charge in [-0.1, -0.05) is 60.7 Å². The van der Waals surface area contributed by atoms with Gasteiger partial charge < -0.3 is 9.59 Å². The number of aliphatic hydroxyl groups excluding tert-OH is 1. The number of pyridine rings is 1. The summed E-state index contributed by atoms with van der Waals surface area (Å²) in [7, 11) is 0. The van der Waals surface area contributed by atoms with E-state index in [9.17, 15) is 9.90 Å². The van der Waals surface area contributed by atoms with Gasteiger partial charge in [0, 0.05) is 35.9 Å². The zero-order chi connectivity index (χ0) is 24.0. The van der Waals surface area contributed by atoms with Gasteiger partial charge in [-0.25, -0.2) is 0 Å². The molecule has 5 atom stereocenters. The van der Waals surface area contributed by atoms with E-state index in [2.05, 4.69) is 29.8 Å². The molecule has 3 aromatic carbocycles. The van der Waals surface area contributed by atoms with E-state index in [-0.39, 0.29) is 11.8 Å². The molecule has 4 heteroatoms. The monoisotopic (exact) mass is 463 g/mol. The van der Waals surface area contributed by atoms with Crippen LogP contribution in [0.1, 0.15) is 34.9 Å². The zero-order valence-electron chi connectivity index (χ0n) is 19.9. The maximum atomic E-state index is 13.7. The van der Waals surface area contributed by atoms with E-state index in [1.165, 1.54) is 0 Å². The highest BCUT2D eigenvalue weighted by Gasteiger charge is 2.54. The summed E-state index contributed by atoms with van der Waals surface area (Å²) < 4.78 is 0.622. The first kappa shape index (κ1) is 22.1. The van der Waals surface area contributed by atoms with Crippen LogP contribution >= 0.6 is 0 Å². The van der Waals surface area contributed by atoms with Crippen LogP contribution in [0.2, 0.25) is 0 Å². The molecule has 0 amide bonds. The number of benzene rings is 3. The largest absolute Gasteiger partial charge is 0.382 e. The van der Waals surface area contributed by atoms with Crippen LogP contribution in [-0.4, -0.2) is 46.0 Å². The minimum Gasteiger partial charge on any atom is -0.382 e. The van der Waals surface area contributed by atoms with E-state index in [0.717, 1.165) is 58.7 Å². The van der Waals surface area contributed by atoms with Crippen LogP contribution < -0.4 is 0 Å². The molecule has 4 heterocycles. The Morgan fingerprint density at radius 3 is 2.74 bits per heavy atom. The Bertz CT molecular complexity index is 1420. The Balaban J connectivity index is 1.37. The minimum atomic E-state index is -0.652. The van der Waals surface area contributed by atoms with Gasteiger partial charge in [0.2, 0.25) is 5.78 Å². The first-order chi connectivity index (χ1) is 17.1. The van der Waals surface area contributed by atoms with Crippen LogP contribution in [0.5, 0.6) is 0 Å². The van der Waals surface area contributed by atoms with Gasteiger partial charge in [-0.3, -0.25) is 9.78 Å². The van der Waals surface area contributed by atoms with Crippen molar-refractivity contribution in [2.75, 3.05) is 19.6 Å². The number of aromatic nitrogens is 1. The number of carbonyl (C=O) groups excluding carboxylic acids is 1. The van der Waals surface area contributed by atoms with Crippen molar-refractivity contribution >= 4 is 27.5 Å². The van der Waals surface area contributed by atoms with Crippen LogP contribution in [0.25, 0.3) is 21.7 Å². The second-order valence-electron chi connectivity index (χ2n) is 10.4. The van der Waals surface area contributed by atoms with Crippen LogP contribution in [0, 0.1) is 11.8 Å². The van der Waals surface area contributed by atoms with Crippen molar-refractivity contribution in [2.45, 2.75) is 25.0 Å². The van der Waals surface area contributed by atoms with Gasteiger partial charge >= 0.3 is 0 Å². The number of hydrogen-bond donors (Lipinski definition) is 1. The molecule has 3 fully saturated rings. The van der Waals surface area contributed by atoms with E-state index in [0.29, 0.717) is 22.9 Å². The summed E-state index contributed by atoms with van der Waals surface area (Å²) >= 11 is 0. The molecule has 3 aliphatic heterocycles. The number of hydrogen-bond acceptors (Lipinski definition) is 3. The normalized spacial score (nSPS) is 26.6. The van der Waals surface area contributed by atoms with Gasteiger partial charge in [0.15, 0.2) is 0 Å². The molecule has 35 heavy (non-hydrogen) atoms. The maximum absolute atomic E-state index is 13.7. The highest BCUT2D eigenvalue weighted by atomic mass is 16.3. The average Bonchev–Trinajstić information content (AvgIpc) is 2.92. The van der Waals surface area contributed by atoms with E-state index < -0.39 is 6.10 Å². The number of ketones is 1. The van der Waals surface area contributed by atoms with Crippen LogP contribution in [0.3, 0.4) is 0 Å². The third kappa shape index (κ3) is 3.78. The van der Waals surface area contributed by atoms with Gasteiger partial charge in [0.05, 0.1) is 18.6 Å². The number of Topliss-reactive ketones (excluding diaryl/α,β-unsaturated/α-hetero) is 1. The lowest BCUT2D eigenvalue weighted by molar-refractivity contribution is -0.966. The molecule has 1 N–H and O–H groups in total. The third-order valence-electron chi connectivity index (χ3n) is 8.57. The molecule has 176 valence electrons. The lowest BCUT2D eigenvalue weighted by Gasteiger charge is -2.57. The second-order valence-corrected chi connectivity index (χ2v) is 10.4. The summed E-state index contributed by atoms with van der Waals surface area (Å²) in [6.07, 6.45) is 5.18. The molecular formula is C31H31N2O2+. The second kappa shape index (κ2) is 8.71. The van der Waals surface area contributed by atoms with Crippen molar-refractivity contribution in [1.82, 2.24) is 4.98 Å². The molecule has 7 rings (SSSR count). The predicted octanol–water partition coefficient (Wildman–Crippen LogP) is 5.72. The van der Waals surface area contributed by atoms with Gasteiger partial charge in [0.25, 0.3) is 0 Å². The summed E-state index contributed by atoms with van der Waals surface area (Å²) in [5.41, 5.74) is 2.56. The topological polar surface area (TPSA) is 50.2 Å². The zero-order valence-corrected chi connectivity index (χ0v) is 19.9. The molecule has 2 bridgehead atoms. The van der Waals surface area contributed by atoms with Crippen molar-refractivity contribution in [2.24, 2.45) is 11.8 Å². The summed E-state index contributed by atoms with van der Waals surface area (Å²) in [4.78, 5) is 18.2. The number of rotatable bonds is 6. The quantitative estimate of drug-likeness (QED) is 0.226. The number of fused-ring (bicyclic) bond motifs is 5. The number of carbonyl (C=O) groups is 1. The number of piperidine rings is 3. The van der Waals surface area contributed by atoms with Crippen molar-refractivity contribution in [3.05, 3.63) is 103 Å². The number of aliphatic hydroxyl groups is 1. The summed E-state index contributed by atoms with van der Waals surface area (Å²) in [6.45, 7) is 6.29. The fourth-order valence-corrected chi connectivity index (χ4v) is 6.70. The number of quaternary nitrogens is 1. The summed E-state index contributed by atoms with van der Waals surface area (Å²) in [5.74, 6) is 1.04. The fraction of sp³-hybridized carbons (Fsp3) is 0.290. The van der Waals surface area contributed by atoms with Crippen LogP contribution in [0.4, 0.5) is 0 Å². The van der Waals surface area contributed by atoms with Crippen molar-refractivity contribution in [3.8, 4) is 0 Å². The van der Waals surface area contributed by atoms with E-state index in [1.807, 2.05) is 60.7 Å². The van der Waals surface area contributed by atoms with E-state index in [4.69, 9.17) is 0 Å². The molecule has 4 nitrogen and oxygen atoms in total. The predicted molar refractivity (Wildman–Crippen MR) is 140 cm³/mol. The van der Waals surface area contributed by atoms with Crippen molar-refractivity contribution in [1.29, 1.82) is 0 Å². The lowest BCUT2D eigenvalue weighted by atomic mass is 9.71. The van der Waals surface area contributed by atoms with Gasteiger partial charge in [-0.05, 0) is 40.5 Å². The highest BCUT2D eigenvalue weighted by molar-refractivity contribution is 6.00. The lowest BCUT2D eigenvalue weighted by Crippen LogP contribution is -2.69. The first-order valence-electron chi connectivity index (χ1n) is 12.6. The maximum Gasteiger partial charge on any atom is 0.216 e. The molecule has 4 aromatic rings. The molecule has 0 unspecified atom stereocenters. The Hall–Kier alpha value is -3.34. The molecule has 1 aromatic heterocycles. The Kier molecular flexibility index (Phi) is 5.51. The smallest absolute Gasteiger partial charge is 0.216 e. The Labute approximate surface area is 206 Å². The first-order valence-corrected chi connectivity index (χ1v) is 12.6.